The summed E-state index contributed by atoms with van der Waals surface area (Å²) in [6.45, 7) is 0.543. The molecule has 0 radical (unpaired) electrons. The lowest BCUT2D eigenvalue weighted by atomic mass is 9.95. The van der Waals surface area contributed by atoms with Crippen LogP contribution in [0.1, 0.15) is 26.2 Å². The maximum atomic E-state index is 12.6. The molecule has 0 spiro atoms. The second-order valence-corrected chi connectivity index (χ2v) is 4.55. The van der Waals surface area contributed by atoms with Crippen molar-refractivity contribution in [3.05, 3.63) is 0 Å². The fourth-order valence-electron chi connectivity index (χ4n) is 1.85. The van der Waals surface area contributed by atoms with Crippen LogP contribution in [0.5, 0.6) is 0 Å². The lowest BCUT2D eigenvalue weighted by Crippen LogP contribution is -2.65. The Kier molecular flexibility index (Phi) is 3.89. The second kappa shape index (κ2) is 4.75. The average Bonchev–Trinajstić information content (AvgIpc) is 2.26. The highest BCUT2D eigenvalue weighted by Crippen LogP contribution is 2.31. The van der Waals surface area contributed by atoms with Gasteiger partial charge >= 0.3 is 12.1 Å². The second-order valence-electron chi connectivity index (χ2n) is 4.55. The molecular formula is C10H15F3N2O3. The lowest BCUT2D eigenvalue weighted by molar-refractivity contribution is -0.197. The third kappa shape index (κ3) is 2.58. The van der Waals surface area contributed by atoms with Crippen LogP contribution in [-0.2, 0) is 9.59 Å². The number of hydrogen-bond donors (Lipinski definition) is 2. The SMILES string of the molecule is CC(N)(C(=O)N1CCCC[C@H]1C(=O)O)C(F)(F)F. The Balaban J connectivity index is 2.97. The highest BCUT2D eigenvalue weighted by atomic mass is 19.4. The van der Waals surface area contributed by atoms with Gasteiger partial charge in [0.2, 0.25) is 0 Å². The van der Waals surface area contributed by atoms with Crippen molar-refractivity contribution in [3.8, 4) is 0 Å². The Morgan fingerprint density at radius 1 is 1.33 bits per heavy atom. The Hall–Kier alpha value is -1.31. The van der Waals surface area contributed by atoms with E-state index in [0.29, 0.717) is 19.8 Å². The summed E-state index contributed by atoms with van der Waals surface area (Å²) in [5, 5.41) is 8.91. The molecule has 0 aromatic heterocycles. The smallest absolute Gasteiger partial charge is 0.415 e. The van der Waals surface area contributed by atoms with Crippen LogP contribution in [0.25, 0.3) is 0 Å². The summed E-state index contributed by atoms with van der Waals surface area (Å²) in [5.41, 5.74) is 1.96. The molecule has 1 unspecified atom stereocenters. The highest BCUT2D eigenvalue weighted by Gasteiger charge is 2.56. The molecular weight excluding hydrogens is 253 g/mol. The van der Waals surface area contributed by atoms with Crippen molar-refractivity contribution >= 4 is 11.9 Å². The largest absolute Gasteiger partial charge is 0.480 e. The van der Waals surface area contributed by atoms with Crippen molar-refractivity contribution in [1.82, 2.24) is 4.90 Å². The Bertz CT molecular complexity index is 355. The molecule has 0 aliphatic carbocycles. The van der Waals surface area contributed by atoms with Crippen LogP contribution in [0, 0.1) is 0 Å². The maximum absolute atomic E-state index is 12.6. The lowest BCUT2D eigenvalue weighted by Gasteiger charge is -2.38. The first-order valence-electron chi connectivity index (χ1n) is 5.48. The molecule has 0 saturated carbocycles. The number of rotatable bonds is 2. The van der Waals surface area contributed by atoms with E-state index >= 15 is 0 Å². The average molecular weight is 268 g/mol. The first kappa shape index (κ1) is 14.7. The molecule has 1 amide bonds. The third-order valence-corrected chi connectivity index (χ3v) is 3.08. The summed E-state index contributed by atoms with van der Waals surface area (Å²) >= 11 is 0. The number of aliphatic carboxylic acids is 1. The Morgan fingerprint density at radius 3 is 2.33 bits per heavy atom. The zero-order chi connectivity index (χ0) is 14.1. The van der Waals surface area contributed by atoms with Crippen molar-refractivity contribution in [2.75, 3.05) is 6.54 Å². The van der Waals surface area contributed by atoms with Crippen molar-refractivity contribution < 1.29 is 27.9 Å². The minimum absolute atomic E-state index is 0.0152. The van der Waals surface area contributed by atoms with E-state index in [2.05, 4.69) is 0 Å². The normalized spacial score (nSPS) is 24.5. The molecule has 104 valence electrons. The molecule has 2 atom stereocenters. The first-order valence-corrected chi connectivity index (χ1v) is 5.48. The van der Waals surface area contributed by atoms with E-state index in [0.717, 1.165) is 4.90 Å². The number of carbonyl (C=O) groups is 2. The first-order chi connectivity index (χ1) is 8.09. The number of amides is 1. The van der Waals surface area contributed by atoms with Gasteiger partial charge in [0, 0.05) is 6.54 Å². The van der Waals surface area contributed by atoms with Crippen LogP contribution in [0.15, 0.2) is 0 Å². The van der Waals surface area contributed by atoms with E-state index in [1.165, 1.54) is 0 Å². The van der Waals surface area contributed by atoms with Gasteiger partial charge in [-0.05, 0) is 26.2 Å². The molecule has 3 N–H and O–H groups in total. The van der Waals surface area contributed by atoms with Crippen molar-refractivity contribution in [1.29, 1.82) is 0 Å². The predicted molar refractivity (Wildman–Crippen MR) is 55.6 cm³/mol. The summed E-state index contributed by atoms with van der Waals surface area (Å²) in [7, 11) is 0. The van der Waals surface area contributed by atoms with Gasteiger partial charge in [-0.2, -0.15) is 13.2 Å². The van der Waals surface area contributed by atoms with Gasteiger partial charge in [0.1, 0.15) is 6.04 Å². The maximum Gasteiger partial charge on any atom is 0.415 e. The van der Waals surface area contributed by atoms with E-state index in [4.69, 9.17) is 10.8 Å². The van der Waals surface area contributed by atoms with Gasteiger partial charge in [-0.3, -0.25) is 4.79 Å². The molecule has 0 aromatic carbocycles. The van der Waals surface area contributed by atoms with Crippen LogP contribution < -0.4 is 5.73 Å². The van der Waals surface area contributed by atoms with Crippen molar-refractivity contribution in [2.45, 2.75) is 43.9 Å². The molecule has 1 fully saturated rings. The number of halogens is 3. The molecule has 18 heavy (non-hydrogen) atoms. The molecule has 0 bridgehead atoms. The van der Waals surface area contributed by atoms with Gasteiger partial charge in [0.05, 0.1) is 0 Å². The fourth-order valence-corrected chi connectivity index (χ4v) is 1.85. The van der Waals surface area contributed by atoms with E-state index in [-0.39, 0.29) is 13.0 Å². The molecule has 1 saturated heterocycles. The fraction of sp³-hybridized carbons (Fsp3) is 0.800. The van der Waals surface area contributed by atoms with Crippen LogP contribution in [0.3, 0.4) is 0 Å². The molecule has 8 heteroatoms. The molecule has 1 heterocycles. The predicted octanol–water partition coefficient (Wildman–Crippen LogP) is 0.732. The summed E-state index contributed by atoms with van der Waals surface area (Å²) in [5.74, 6) is -2.69. The number of nitrogens with zero attached hydrogens (tertiary/aromatic N) is 1. The van der Waals surface area contributed by atoms with E-state index < -0.39 is 29.6 Å². The number of carbonyl (C=O) groups excluding carboxylic acids is 1. The minimum atomic E-state index is -4.91. The van der Waals surface area contributed by atoms with Gasteiger partial charge in [0.15, 0.2) is 5.54 Å². The van der Waals surface area contributed by atoms with Gasteiger partial charge in [-0.15, -0.1) is 0 Å². The van der Waals surface area contributed by atoms with Gasteiger partial charge in [-0.25, -0.2) is 4.79 Å². The summed E-state index contributed by atoms with van der Waals surface area (Å²) < 4.78 is 37.9. The van der Waals surface area contributed by atoms with Crippen LogP contribution >= 0.6 is 0 Å². The van der Waals surface area contributed by atoms with Crippen LogP contribution in [0.4, 0.5) is 13.2 Å². The molecule has 5 nitrogen and oxygen atoms in total. The van der Waals surface area contributed by atoms with Gasteiger partial charge < -0.3 is 15.7 Å². The van der Waals surface area contributed by atoms with Crippen molar-refractivity contribution in [2.24, 2.45) is 5.73 Å². The number of carboxylic acid groups (broad SMARTS) is 1. The van der Waals surface area contributed by atoms with E-state index in [9.17, 15) is 22.8 Å². The minimum Gasteiger partial charge on any atom is -0.480 e. The van der Waals surface area contributed by atoms with Crippen molar-refractivity contribution in [3.63, 3.8) is 0 Å². The molecule has 1 rings (SSSR count). The number of alkyl halides is 3. The van der Waals surface area contributed by atoms with Crippen LogP contribution in [-0.4, -0.2) is 46.2 Å². The topological polar surface area (TPSA) is 83.6 Å². The molecule has 1 aliphatic rings. The Morgan fingerprint density at radius 2 is 1.89 bits per heavy atom. The molecule has 1 aliphatic heterocycles. The van der Waals surface area contributed by atoms with E-state index in [1.807, 2.05) is 0 Å². The standard InChI is InChI=1S/C10H15F3N2O3/c1-9(14,10(11,12)13)8(18)15-5-3-2-4-6(15)7(16)17/h6H,2-5,14H2,1H3,(H,16,17)/t6-,9?/m0/s1. The monoisotopic (exact) mass is 268 g/mol. The van der Waals surface area contributed by atoms with Crippen LogP contribution in [0.2, 0.25) is 0 Å². The molecule has 0 aromatic rings. The summed E-state index contributed by atoms with van der Waals surface area (Å²) in [4.78, 5) is 23.5. The third-order valence-electron chi connectivity index (χ3n) is 3.08. The number of piperidine rings is 1. The Labute approximate surface area is 102 Å². The number of carboxylic acids is 1. The van der Waals surface area contributed by atoms with E-state index in [1.54, 1.807) is 0 Å². The van der Waals surface area contributed by atoms with Gasteiger partial charge in [-0.1, -0.05) is 0 Å². The number of hydrogen-bond acceptors (Lipinski definition) is 3. The van der Waals surface area contributed by atoms with Gasteiger partial charge in [0.25, 0.3) is 5.91 Å². The number of nitrogens with two attached hydrogens (primary N) is 1. The summed E-state index contributed by atoms with van der Waals surface area (Å²) in [6, 6.07) is -1.23. The zero-order valence-corrected chi connectivity index (χ0v) is 9.83. The summed E-state index contributed by atoms with van der Waals surface area (Å²) in [6.07, 6.45) is -3.73. The number of likely N-dealkylation sites (tertiary alicyclic amines) is 1. The highest BCUT2D eigenvalue weighted by molar-refractivity contribution is 5.90. The zero-order valence-electron chi connectivity index (χ0n) is 9.83. The quantitative estimate of drug-likeness (QED) is 0.773.